The van der Waals surface area contributed by atoms with E-state index in [1.54, 1.807) is 20.3 Å². The van der Waals surface area contributed by atoms with E-state index in [9.17, 15) is 0 Å². The van der Waals surface area contributed by atoms with Crippen molar-refractivity contribution in [2.24, 2.45) is 4.99 Å². The molecule has 0 radical (unpaired) electrons. The van der Waals surface area contributed by atoms with Crippen LogP contribution in [0.25, 0.3) is 0 Å². The van der Waals surface area contributed by atoms with Crippen LogP contribution >= 0.6 is 23.2 Å². The quantitative estimate of drug-likeness (QED) is 0.624. The highest BCUT2D eigenvalue weighted by Crippen LogP contribution is 2.44. The van der Waals surface area contributed by atoms with Crippen molar-refractivity contribution in [1.82, 2.24) is 4.90 Å². The van der Waals surface area contributed by atoms with E-state index in [1.165, 1.54) is 5.56 Å². The van der Waals surface area contributed by atoms with Gasteiger partial charge in [-0.1, -0.05) is 35.4 Å². The van der Waals surface area contributed by atoms with E-state index in [4.69, 9.17) is 37.7 Å². The first-order valence-corrected chi connectivity index (χ1v) is 10.3. The number of fused-ring (bicyclic) bond motifs is 3. The molecule has 4 nitrogen and oxygen atoms in total. The molecule has 2 aliphatic rings. The lowest BCUT2D eigenvalue weighted by Gasteiger charge is -2.40. The monoisotopic (exact) mass is 430 g/mol. The Bertz CT molecular complexity index is 1000. The maximum Gasteiger partial charge on any atom is 0.161 e. The second kappa shape index (κ2) is 8.02. The van der Waals surface area contributed by atoms with Gasteiger partial charge in [-0.3, -0.25) is 4.99 Å². The summed E-state index contributed by atoms with van der Waals surface area (Å²) in [6.45, 7) is 0. The molecule has 1 aliphatic carbocycles. The van der Waals surface area contributed by atoms with Gasteiger partial charge in [0.15, 0.2) is 11.5 Å². The van der Waals surface area contributed by atoms with Crippen LogP contribution in [0.1, 0.15) is 29.0 Å². The van der Waals surface area contributed by atoms with Gasteiger partial charge in [-0.25, -0.2) is 0 Å². The first kappa shape index (κ1) is 20.3. The molecule has 0 spiro atoms. The average molecular weight is 431 g/mol. The van der Waals surface area contributed by atoms with Gasteiger partial charge >= 0.3 is 0 Å². The molecule has 0 saturated carbocycles. The second-order valence-electron chi connectivity index (χ2n) is 7.61. The lowest BCUT2D eigenvalue weighted by Crippen LogP contribution is -2.44. The molecule has 1 unspecified atom stereocenters. The molecule has 0 aromatic heterocycles. The number of ether oxygens (including phenoxy) is 2. The van der Waals surface area contributed by atoms with Crippen LogP contribution in [0, 0.1) is 0 Å². The van der Waals surface area contributed by atoms with Crippen molar-refractivity contribution in [3.8, 4) is 11.5 Å². The zero-order valence-electron chi connectivity index (χ0n) is 16.9. The number of hydrogen-bond acceptors (Lipinski definition) is 4. The number of allylic oxidation sites excluding steroid dienone is 1. The van der Waals surface area contributed by atoms with E-state index in [0.29, 0.717) is 15.8 Å². The fraction of sp³-hybridized carbons (Fsp3) is 0.348. The number of hydrogen-bond donors (Lipinski definition) is 0. The van der Waals surface area contributed by atoms with Crippen molar-refractivity contribution in [1.29, 1.82) is 0 Å². The smallest absolute Gasteiger partial charge is 0.161 e. The molecule has 1 aliphatic heterocycles. The van der Waals surface area contributed by atoms with Gasteiger partial charge in [-0.05, 0) is 56.4 Å². The van der Waals surface area contributed by atoms with Gasteiger partial charge in [0.05, 0.1) is 37.0 Å². The lowest BCUT2D eigenvalue weighted by atomic mass is 9.75. The van der Waals surface area contributed by atoms with Crippen LogP contribution in [0.3, 0.4) is 0 Å². The molecule has 0 fully saturated rings. The number of methoxy groups -OCH3 is 2. The number of rotatable bonds is 4. The summed E-state index contributed by atoms with van der Waals surface area (Å²) in [5, 5.41) is 1.19. The van der Waals surface area contributed by atoms with E-state index in [0.717, 1.165) is 29.0 Å². The van der Waals surface area contributed by atoms with E-state index in [2.05, 4.69) is 37.2 Å². The van der Waals surface area contributed by atoms with Crippen molar-refractivity contribution in [2.45, 2.75) is 24.4 Å². The van der Waals surface area contributed by atoms with Gasteiger partial charge in [-0.2, -0.15) is 0 Å². The molecule has 2 aromatic rings. The average Bonchev–Trinajstić information content (AvgIpc) is 2.71. The van der Waals surface area contributed by atoms with Crippen LogP contribution < -0.4 is 9.47 Å². The maximum absolute atomic E-state index is 6.59. The Labute approximate surface area is 181 Å². The van der Waals surface area contributed by atoms with Gasteiger partial charge in [0.2, 0.25) is 0 Å². The van der Waals surface area contributed by atoms with E-state index >= 15 is 0 Å². The number of aliphatic imine (C=N–C) groups is 1. The van der Waals surface area contributed by atoms with Crippen LogP contribution in [0.5, 0.6) is 11.5 Å². The van der Waals surface area contributed by atoms with Crippen LogP contribution in [0.2, 0.25) is 10.0 Å². The fourth-order valence-electron chi connectivity index (χ4n) is 4.33. The number of likely N-dealkylation sites (N-methyl/N-ethyl adjacent to an activating group) is 1. The highest BCUT2D eigenvalue weighted by atomic mass is 35.5. The van der Waals surface area contributed by atoms with Crippen molar-refractivity contribution in [2.75, 3.05) is 28.3 Å². The summed E-state index contributed by atoms with van der Waals surface area (Å²) in [4.78, 5) is 7.45. The van der Waals surface area contributed by atoms with Gasteiger partial charge in [0.25, 0.3) is 0 Å². The molecule has 0 amide bonds. The van der Waals surface area contributed by atoms with Crippen molar-refractivity contribution in [3.63, 3.8) is 0 Å². The topological polar surface area (TPSA) is 34.1 Å². The molecule has 3 atom stereocenters. The van der Waals surface area contributed by atoms with Crippen LogP contribution in [0.4, 0.5) is 0 Å². The summed E-state index contributed by atoms with van der Waals surface area (Å²) in [5.74, 6) is 1.67. The minimum absolute atomic E-state index is 0.0855. The standard InChI is InChI=1S/C23H24Cl2N2O2/c1-27(2)19-7-5-6-14-16-11-20(28-3)21(29-4)12-17(16)22(26-23(14)19)15-9-8-13(24)10-18(15)25/h5,7-12,14,19,23H,6H2,1-4H3/t14-,19-,23?/m0/s1. The largest absolute Gasteiger partial charge is 0.493 e. The summed E-state index contributed by atoms with van der Waals surface area (Å²) in [5.41, 5.74) is 3.97. The van der Waals surface area contributed by atoms with Crippen LogP contribution in [-0.4, -0.2) is 51.0 Å². The maximum atomic E-state index is 6.59. The Hall–Kier alpha value is -2.01. The molecule has 4 rings (SSSR count). The van der Waals surface area contributed by atoms with E-state index < -0.39 is 0 Å². The zero-order valence-corrected chi connectivity index (χ0v) is 18.5. The van der Waals surface area contributed by atoms with Gasteiger partial charge in [0.1, 0.15) is 0 Å². The minimum Gasteiger partial charge on any atom is -0.493 e. The predicted molar refractivity (Wildman–Crippen MR) is 119 cm³/mol. The van der Waals surface area contributed by atoms with Gasteiger partial charge in [0, 0.05) is 22.1 Å². The van der Waals surface area contributed by atoms with Gasteiger partial charge in [-0.15, -0.1) is 0 Å². The summed E-state index contributed by atoms with van der Waals surface area (Å²) in [6, 6.07) is 9.94. The highest BCUT2D eigenvalue weighted by molar-refractivity contribution is 6.38. The molecule has 152 valence electrons. The first-order chi connectivity index (χ1) is 13.9. The number of halogens is 2. The van der Waals surface area contributed by atoms with Gasteiger partial charge < -0.3 is 14.4 Å². The Morgan fingerprint density at radius 1 is 1.00 bits per heavy atom. The molecule has 0 bridgehead atoms. The van der Waals surface area contributed by atoms with E-state index in [1.807, 2.05) is 18.2 Å². The summed E-state index contributed by atoms with van der Waals surface area (Å²) < 4.78 is 11.2. The fourth-order valence-corrected chi connectivity index (χ4v) is 4.83. The Morgan fingerprint density at radius 2 is 1.72 bits per heavy atom. The third kappa shape index (κ3) is 3.54. The number of nitrogens with zero attached hydrogens (tertiary/aromatic N) is 2. The Kier molecular flexibility index (Phi) is 5.60. The second-order valence-corrected chi connectivity index (χ2v) is 8.46. The predicted octanol–water partition coefficient (Wildman–Crippen LogP) is 5.20. The summed E-state index contributed by atoms with van der Waals surface area (Å²) in [6.07, 6.45) is 5.43. The SMILES string of the molecule is COc1cc2c(cc1OC)[C@@H]1CC=C[C@H](N(C)C)C1N=C2c1ccc(Cl)cc1Cl. The molecule has 0 N–H and O–H groups in total. The van der Waals surface area contributed by atoms with Crippen LogP contribution in [-0.2, 0) is 0 Å². The van der Waals surface area contributed by atoms with E-state index in [-0.39, 0.29) is 18.0 Å². The molecule has 1 heterocycles. The Balaban J connectivity index is 1.97. The Morgan fingerprint density at radius 3 is 2.38 bits per heavy atom. The van der Waals surface area contributed by atoms with Crippen molar-refractivity contribution < 1.29 is 9.47 Å². The molecule has 2 aromatic carbocycles. The molecule has 29 heavy (non-hydrogen) atoms. The zero-order chi connectivity index (χ0) is 20.7. The van der Waals surface area contributed by atoms with Crippen molar-refractivity contribution in [3.05, 3.63) is 69.2 Å². The third-order valence-corrected chi connectivity index (χ3v) is 6.30. The molecule has 6 heteroatoms. The summed E-state index contributed by atoms with van der Waals surface area (Å²) in [7, 11) is 7.49. The summed E-state index contributed by atoms with van der Waals surface area (Å²) >= 11 is 12.7. The minimum atomic E-state index is 0.0855. The lowest BCUT2D eigenvalue weighted by molar-refractivity contribution is 0.268. The number of benzene rings is 2. The normalized spacial score (nSPS) is 22.7. The molecular formula is C23H24Cl2N2O2. The highest BCUT2D eigenvalue weighted by Gasteiger charge is 2.39. The third-order valence-electron chi connectivity index (χ3n) is 5.76. The van der Waals surface area contributed by atoms with Crippen LogP contribution in [0.15, 0.2) is 47.5 Å². The molecular weight excluding hydrogens is 407 g/mol. The van der Waals surface area contributed by atoms with Crippen molar-refractivity contribution >= 4 is 28.9 Å². The molecule has 0 saturated heterocycles. The first-order valence-electron chi connectivity index (χ1n) is 9.57.